The summed E-state index contributed by atoms with van der Waals surface area (Å²) >= 11 is 5.82. The highest BCUT2D eigenvalue weighted by molar-refractivity contribution is 6.30. The maximum absolute atomic E-state index is 12.1. The molecule has 0 bridgehead atoms. The highest BCUT2D eigenvalue weighted by Gasteiger charge is 2.08. The predicted molar refractivity (Wildman–Crippen MR) is 103 cm³/mol. The van der Waals surface area contributed by atoms with E-state index in [1.165, 1.54) is 0 Å². The number of benzene rings is 2. The minimum absolute atomic E-state index is 0.128. The summed E-state index contributed by atoms with van der Waals surface area (Å²) in [5, 5.41) is 3.51. The topological polar surface area (TPSA) is 44.8 Å². The van der Waals surface area contributed by atoms with Gasteiger partial charge >= 0.3 is 6.03 Å². The molecule has 0 saturated heterocycles. The molecule has 0 spiro atoms. The molecule has 0 atom stereocenters. The molecule has 1 N–H and O–H groups in total. The monoisotopic (exact) mass is 361 g/mol. The Labute approximate surface area is 154 Å². The van der Waals surface area contributed by atoms with Crippen LogP contribution in [0, 0.1) is 0 Å². The first kappa shape index (κ1) is 18.9. The van der Waals surface area contributed by atoms with Crippen LogP contribution in [0.4, 0.5) is 10.5 Å². The number of ether oxygens (including phenoxy) is 1. The molecule has 0 radical (unpaired) electrons. The fraction of sp³-hybridized carbons (Fsp3) is 0.316. The summed E-state index contributed by atoms with van der Waals surface area (Å²) < 4.78 is 5.55. The van der Waals surface area contributed by atoms with Crippen LogP contribution in [0.15, 0.2) is 48.5 Å². The van der Waals surface area contributed by atoms with Gasteiger partial charge in [0.25, 0.3) is 0 Å². The van der Waals surface area contributed by atoms with E-state index >= 15 is 0 Å². The van der Waals surface area contributed by atoms with Crippen LogP contribution in [0.25, 0.3) is 0 Å². The zero-order valence-corrected chi connectivity index (χ0v) is 15.6. The molecule has 0 aliphatic rings. The van der Waals surface area contributed by atoms with Crippen molar-refractivity contribution in [3.63, 3.8) is 0 Å². The van der Waals surface area contributed by atoms with Crippen LogP contribution in [0.1, 0.15) is 5.56 Å². The van der Waals surface area contributed by atoms with E-state index in [1.807, 2.05) is 43.3 Å². The molecule has 5 nitrogen and oxygen atoms in total. The smallest absolute Gasteiger partial charge is 0.317 e. The first-order valence-electron chi connectivity index (χ1n) is 8.09. The number of rotatable bonds is 7. The van der Waals surface area contributed by atoms with Crippen molar-refractivity contribution < 1.29 is 9.53 Å². The molecule has 2 rings (SSSR count). The second-order valence-corrected chi connectivity index (χ2v) is 6.39. The van der Waals surface area contributed by atoms with Crippen LogP contribution in [0.5, 0.6) is 5.75 Å². The zero-order valence-electron chi connectivity index (χ0n) is 14.8. The molecule has 25 heavy (non-hydrogen) atoms. The lowest BCUT2D eigenvalue weighted by atomic mass is 10.2. The van der Waals surface area contributed by atoms with Gasteiger partial charge in [-0.25, -0.2) is 4.79 Å². The molecule has 0 saturated carbocycles. The SMILES string of the molecule is CN(Cc1ccc(N(C)C)cc1)C(=O)NCCOc1ccc(Cl)cc1. The van der Waals surface area contributed by atoms with Crippen molar-refractivity contribution >= 4 is 23.3 Å². The molecule has 2 aromatic carbocycles. The third-order valence-corrected chi connectivity index (χ3v) is 3.93. The van der Waals surface area contributed by atoms with Crippen molar-refractivity contribution in [2.45, 2.75) is 6.54 Å². The minimum atomic E-state index is -0.128. The van der Waals surface area contributed by atoms with Crippen molar-refractivity contribution in [2.75, 3.05) is 39.2 Å². The largest absolute Gasteiger partial charge is 0.492 e. The van der Waals surface area contributed by atoms with E-state index in [4.69, 9.17) is 16.3 Å². The van der Waals surface area contributed by atoms with Crippen LogP contribution in [-0.4, -0.2) is 45.2 Å². The zero-order chi connectivity index (χ0) is 18.2. The van der Waals surface area contributed by atoms with Gasteiger partial charge in [0.2, 0.25) is 0 Å². The summed E-state index contributed by atoms with van der Waals surface area (Å²) in [4.78, 5) is 15.8. The number of nitrogens with one attached hydrogen (secondary N) is 1. The van der Waals surface area contributed by atoms with E-state index < -0.39 is 0 Å². The molecule has 0 heterocycles. The number of hydrogen-bond donors (Lipinski definition) is 1. The summed E-state index contributed by atoms with van der Waals surface area (Å²) in [5.74, 6) is 0.730. The number of hydrogen-bond acceptors (Lipinski definition) is 3. The molecule has 2 aromatic rings. The Morgan fingerprint density at radius 1 is 1.04 bits per heavy atom. The molecule has 6 heteroatoms. The van der Waals surface area contributed by atoms with Crippen LogP contribution in [0.3, 0.4) is 0 Å². The van der Waals surface area contributed by atoms with Gasteiger partial charge in [-0.3, -0.25) is 0 Å². The third kappa shape index (κ3) is 6.19. The second kappa shape index (κ2) is 9.18. The lowest BCUT2D eigenvalue weighted by molar-refractivity contribution is 0.203. The lowest BCUT2D eigenvalue weighted by Crippen LogP contribution is -2.38. The Morgan fingerprint density at radius 2 is 1.68 bits per heavy atom. The number of urea groups is 1. The maximum atomic E-state index is 12.1. The van der Waals surface area contributed by atoms with Crippen molar-refractivity contribution in [1.82, 2.24) is 10.2 Å². The van der Waals surface area contributed by atoms with Crippen LogP contribution >= 0.6 is 11.6 Å². The maximum Gasteiger partial charge on any atom is 0.317 e. The van der Waals surface area contributed by atoms with Crippen molar-refractivity contribution in [1.29, 1.82) is 0 Å². The first-order chi connectivity index (χ1) is 12.0. The van der Waals surface area contributed by atoms with Gasteiger partial charge in [-0.1, -0.05) is 23.7 Å². The van der Waals surface area contributed by atoms with Crippen molar-refractivity contribution in [3.8, 4) is 5.75 Å². The van der Waals surface area contributed by atoms with Gasteiger partial charge in [0.05, 0.1) is 6.54 Å². The second-order valence-electron chi connectivity index (χ2n) is 5.95. The molecular formula is C19H24ClN3O2. The minimum Gasteiger partial charge on any atom is -0.492 e. The molecule has 0 unspecified atom stereocenters. The van der Waals surface area contributed by atoms with E-state index in [2.05, 4.69) is 5.32 Å². The lowest BCUT2D eigenvalue weighted by Gasteiger charge is -2.19. The first-order valence-corrected chi connectivity index (χ1v) is 8.47. The summed E-state index contributed by atoms with van der Waals surface area (Å²) in [6, 6.07) is 15.2. The van der Waals surface area contributed by atoms with E-state index in [1.54, 1.807) is 36.2 Å². The molecule has 134 valence electrons. The van der Waals surface area contributed by atoms with Crippen LogP contribution < -0.4 is 15.0 Å². The van der Waals surface area contributed by atoms with E-state index in [9.17, 15) is 4.79 Å². The number of nitrogens with zero attached hydrogens (tertiary/aromatic N) is 2. The molecule has 0 aromatic heterocycles. The quantitative estimate of drug-likeness (QED) is 0.766. The Kier molecular flexibility index (Phi) is 6.95. The molecule has 0 aliphatic heterocycles. The summed E-state index contributed by atoms with van der Waals surface area (Å²) in [6.07, 6.45) is 0. The van der Waals surface area contributed by atoms with Gasteiger partial charge in [-0.2, -0.15) is 0 Å². The Bertz CT molecular complexity index is 672. The normalized spacial score (nSPS) is 10.2. The Hall–Kier alpha value is -2.40. The van der Waals surface area contributed by atoms with Crippen molar-refractivity contribution in [3.05, 3.63) is 59.1 Å². The van der Waals surface area contributed by atoms with Crippen LogP contribution in [0.2, 0.25) is 5.02 Å². The molecular weight excluding hydrogens is 338 g/mol. The van der Waals surface area contributed by atoms with Gasteiger partial charge in [0.15, 0.2) is 0 Å². The van der Waals surface area contributed by atoms with Gasteiger partial charge in [-0.05, 0) is 42.0 Å². The van der Waals surface area contributed by atoms with Crippen LogP contribution in [-0.2, 0) is 6.54 Å². The predicted octanol–water partition coefficient (Wildman–Crippen LogP) is 3.63. The van der Waals surface area contributed by atoms with Gasteiger partial charge in [-0.15, -0.1) is 0 Å². The van der Waals surface area contributed by atoms with Crippen molar-refractivity contribution in [2.24, 2.45) is 0 Å². The Morgan fingerprint density at radius 3 is 2.28 bits per heavy atom. The highest BCUT2D eigenvalue weighted by atomic mass is 35.5. The summed E-state index contributed by atoms with van der Waals surface area (Å²) in [6.45, 7) is 1.39. The fourth-order valence-electron chi connectivity index (χ4n) is 2.24. The number of carbonyl (C=O) groups is 1. The Balaban J connectivity index is 1.71. The molecule has 0 aliphatic carbocycles. The highest BCUT2D eigenvalue weighted by Crippen LogP contribution is 2.15. The number of anilines is 1. The number of carbonyl (C=O) groups excluding carboxylic acids is 1. The average molecular weight is 362 g/mol. The number of halogens is 1. The van der Waals surface area contributed by atoms with E-state index in [-0.39, 0.29) is 6.03 Å². The summed E-state index contributed by atoms with van der Waals surface area (Å²) in [7, 11) is 5.77. The fourth-order valence-corrected chi connectivity index (χ4v) is 2.36. The number of amides is 2. The van der Waals surface area contributed by atoms with E-state index in [0.29, 0.717) is 24.7 Å². The van der Waals surface area contributed by atoms with Gasteiger partial charge < -0.3 is 19.9 Å². The van der Waals surface area contributed by atoms with Gasteiger partial charge in [0.1, 0.15) is 12.4 Å². The average Bonchev–Trinajstić information content (AvgIpc) is 2.60. The van der Waals surface area contributed by atoms with Gasteiger partial charge in [0, 0.05) is 38.4 Å². The van der Waals surface area contributed by atoms with E-state index in [0.717, 1.165) is 17.0 Å². The standard InChI is InChI=1S/C19H24ClN3O2/c1-22(2)17-8-4-15(5-9-17)14-23(3)19(24)21-12-13-25-18-10-6-16(20)7-11-18/h4-11H,12-14H2,1-3H3,(H,21,24). The molecule has 2 amide bonds. The molecule has 0 fully saturated rings. The third-order valence-electron chi connectivity index (χ3n) is 3.68. The summed E-state index contributed by atoms with van der Waals surface area (Å²) in [5.41, 5.74) is 2.22.